The quantitative estimate of drug-likeness (QED) is 0.359. The number of benzene rings is 2. The zero-order chi connectivity index (χ0) is 15.5. The van der Waals surface area contributed by atoms with Crippen LogP contribution in [0, 0.1) is 0 Å². The molecule has 2 aromatic rings. The Bertz CT molecular complexity index is 738. The third kappa shape index (κ3) is 2.93. The maximum atomic E-state index is 8.56. The minimum absolute atomic E-state index is 0.297. The predicted octanol–water partition coefficient (Wildman–Crippen LogP) is 6.31. The monoisotopic (exact) mass is 331 g/mol. The minimum Gasteiger partial charge on any atom is -0.0933 e. The Morgan fingerprint density at radius 1 is 1.05 bits per heavy atom. The van der Waals surface area contributed by atoms with Crippen LogP contribution in [0.25, 0.3) is 10.4 Å². The Morgan fingerprint density at radius 3 is 2.55 bits per heavy atom. The highest BCUT2D eigenvalue weighted by atomic mass is 35.5. The van der Waals surface area contributed by atoms with Gasteiger partial charge in [0, 0.05) is 17.4 Å². The van der Waals surface area contributed by atoms with Gasteiger partial charge in [-0.3, -0.25) is 0 Å². The number of hydrogen-bond donors (Lipinski definition) is 0. The molecule has 112 valence electrons. The number of nitrogens with zero attached hydrogens (tertiary/aromatic N) is 3. The van der Waals surface area contributed by atoms with Crippen molar-refractivity contribution in [3.05, 3.63) is 79.6 Å². The molecule has 5 heteroatoms. The van der Waals surface area contributed by atoms with Crippen molar-refractivity contribution in [1.82, 2.24) is 0 Å². The normalized spacial score (nSPS) is 20.1. The summed E-state index contributed by atoms with van der Waals surface area (Å²) in [5, 5.41) is 4.93. The highest BCUT2D eigenvalue weighted by Crippen LogP contribution is 2.43. The van der Waals surface area contributed by atoms with E-state index in [1.807, 2.05) is 24.3 Å². The van der Waals surface area contributed by atoms with Gasteiger partial charge >= 0.3 is 0 Å². The maximum Gasteiger partial charge on any atom is 0.0595 e. The van der Waals surface area contributed by atoms with Crippen LogP contribution in [0.4, 0.5) is 0 Å². The molecule has 2 aromatic carbocycles. The van der Waals surface area contributed by atoms with Crippen LogP contribution in [-0.2, 0) is 0 Å². The van der Waals surface area contributed by atoms with Crippen molar-refractivity contribution < 1.29 is 0 Å². The van der Waals surface area contributed by atoms with Crippen molar-refractivity contribution in [3.8, 4) is 0 Å². The van der Waals surface area contributed by atoms with Gasteiger partial charge in [0.05, 0.1) is 10.0 Å². The topological polar surface area (TPSA) is 48.8 Å². The SMILES string of the molecule is [N-]=[N+]=NCC1CCC(c2ccc(Cl)c(Cl)c2)c2ccccc21. The zero-order valence-electron chi connectivity index (χ0n) is 11.9. The lowest BCUT2D eigenvalue weighted by Gasteiger charge is -2.31. The molecule has 0 fully saturated rings. The molecule has 1 aliphatic rings. The number of rotatable bonds is 3. The molecular weight excluding hydrogens is 317 g/mol. The van der Waals surface area contributed by atoms with Gasteiger partial charge in [0.25, 0.3) is 0 Å². The number of hydrogen-bond acceptors (Lipinski definition) is 1. The van der Waals surface area contributed by atoms with E-state index in [0.717, 1.165) is 12.8 Å². The number of fused-ring (bicyclic) bond motifs is 1. The first-order valence-electron chi connectivity index (χ1n) is 7.25. The smallest absolute Gasteiger partial charge is 0.0595 e. The molecule has 0 bridgehead atoms. The summed E-state index contributed by atoms with van der Waals surface area (Å²) in [7, 11) is 0. The molecule has 22 heavy (non-hydrogen) atoms. The van der Waals surface area contributed by atoms with E-state index in [1.54, 1.807) is 0 Å². The van der Waals surface area contributed by atoms with Gasteiger partial charge in [-0.1, -0.05) is 58.6 Å². The van der Waals surface area contributed by atoms with Crippen LogP contribution in [0.15, 0.2) is 47.6 Å². The van der Waals surface area contributed by atoms with Crippen molar-refractivity contribution in [3.63, 3.8) is 0 Å². The van der Waals surface area contributed by atoms with E-state index in [9.17, 15) is 0 Å². The summed E-state index contributed by atoms with van der Waals surface area (Å²) in [4.78, 5) is 2.89. The highest BCUT2D eigenvalue weighted by Gasteiger charge is 2.27. The third-order valence-corrected chi connectivity index (χ3v) is 5.07. The summed E-state index contributed by atoms with van der Waals surface area (Å²) in [6.45, 7) is 0.515. The van der Waals surface area contributed by atoms with Crippen molar-refractivity contribution in [2.24, 2.45) is 5.11 Å². The Hall–Kier alpha value is -1.67. The average molecular weight is 332 g/mol. The van der Waals surface area contributed by atoms with Gasteiger partial charge in [-0.05, 0) is 53.1 Å². The standard InChI is InChI=1S/C17H15Cl2N3/c18-16-8-6-11(9-17(16)19)14-7-5-12(10-21-22-20)13-3-1-2-4-15(13)14/h1-4,6,8-9,12,14H,5,7,10H2. The van der Waals surface area contributed by atoms with Gasteiger partial charge < -0.3 is 0 Å². The summed E-state index contributed by atoms with van der Waals surface area (Å²) < 4.78 is 0. The minimum atomic E-state index is 0.297. The summed E-state index contributed by atoms with van der Waals surface area (Å²) in [5.74, 6) is 0.611. The molecule has 2 atom stereocenters. The van der Waals surface area contributed by atoms with Crippen LogP contribution >= 0.6 is 23.2 Å². The van der Waals surface area contributed by atoms with Gasteiger partial charge in [0.2, 0.25) is 0 Å². The van der Waals surface area contributed by atoms with E-state index in [2.05, 4.69) is 28.2 Å². The van der Waals surface area contributed by atoms with E-state index < -0.39 is 0 Å². The average Bonchev–Trinajstić information content (AvgIpc) is 2.55. The Kier molecular flexibility index (Phi) is 4.58. The fourth-order valence-corrected chi connectivity index (χ4v) is 3.59. The van der Waals surface area contributed by atoms with Crippen molar-refractivity contribution in [2.45, 2.75) is 24.7 Å². The fraction of sp³-hybridized carbons (Fsp3) is 0.294. The molecule has 0 amide bonds. The molecule has 0 heterocycles. The fourth-order valence-electron chi connectivity index (χ4n) is 3.28. The molecule has 0 N–H and O–H groups in total. The van der Waals surface area contributed by atoms with Crippen LogP contribution < -0.4 is 0 Å². The second-order valence-corrected chi connectivity index (χ2v) is 6.36. The Morgan fingerprint density at radius 2 is 1.82 bits per heavy atom. The molecule has 3 rings (SSSR count). The van der Waals surface area contributed by atoms with Gasteiger partial charge in [-0.15, -0.1) is 0 Å². The lowest BCUT2D eigenvalue weighted by Crippen LogP contribution is -2.17. The molecule has 0 aliphatic heterocycles. The van der Waals surface area contributed by atoms with Crippen LogP contribution in [0.5, 0.6) is 0 Å². The summed E-state index contributed by atoms with van der Waals surface area (Å²) in [6.07, 6.45) is 2.02. The summed E-state index contributed by atoms with van der Waals surface area (Å²) in [5.41, 5.74) is 12.3. The van der Waals surface area contributed by atoms with Crippen LogP contribution in [0.1, 0.15) is 41.4 Å². The predicted molar refractivity (Wildman–Crippen MR) is 90.7 cm³/mol. The molecule has 3 nitrogen and oxygen atoms in total. The first kappa shape index (κ1) is 15.2. The molecule has 0 saturated heterocycles. The van der Waals surface area contributed by atoms with E-state index in [1.165, 1.54) is 16.7 Å². The molecule has 2 unspecified atom stereocenters. The van der Waals surface area contributed by atoms with Crippen molar-refractivity contribution >= 4 is 23.2 Å². The van der Waals surface area contributed by atoms with E-state index in [4.69, 9.17) is 28.7 Å². The summed E-state index contributed by atoms with van der Waals surface area (Å²) in [6, 6.07) is 14.2. The lowest BCUT2D eigenvalue weighted by molar-refractivity contribution is 0.523. The molecule has 0 spiro atoms. The molecule has 1 aliphatic carbocycles. The van der Waals surface area contributed by atoms with Gasteiger partial charge in [0.15, 0.2) is 0 Å². The third-order valence-electron chi connectivity index (χ3n) is 4.33. The first-order chi connectivity index (χ1) is 10.7. The van der Waals surface area contributed by atoms with Crippen molar-refractivity contribution in [2.75, 3.05) is 6.54 Å². The van der Waals surface area contributed by atoms with Crippen LogP contribution in [0.2, 0.25) is 10.0 Å². The molecule has 0 aromatic heterocycles. The largest absolute Gasteiger partial charge is 0.0933 e. The number of azide groups is 1. The highest BCUT2D eigenvalue weighted by molar-refractivity contribution is 6.42. The Balaban J connectivity index is 2.00. The van der Waals surface area contributed by atoms with Crippen LogP contribution in [0.3, 0.4) is 0 Å². The second-order valence-electron chi connectivity index (χ2n) is 5.54. The van der Waals surface area contributed by atoms with Gasteiger partial charge in [-0.25, -0.2) is 0 Å². The molecular formula is C17H15Cl2N3. The van der Waals surface area contributed by atoms with E-state index in [0.29, 0.717) is 28.4 Å². The molecule has 0 saturated carbocycles. The maximum absolute atomic E-state index is 8.56. The molecule has 0 radical (unpaired) electrons. The second kappa shape index (κ2) is 6.62. The zero-order valence-corrected chi connectivity index (χ0v) is 13.4. The van der Waals surface area contributed by atoms with E-state index >= 15 is 0 Å². The summed E-state index contributed by atoms with van der Waals surface area (Å²) >= 11 is 12.2. The lowest BCUT2D eigenvalue weighted by atomic mass is 9.74. The van der Waals surface area contributed by atoms with Gasteiger partial charge in [-0.2, -0.15) is 0 Å². The Labute approximate surface area is 139 Å². The van der Waals surface area contributed by atoms with Crippen LogP contribution in [-0.4, -0.2) is 6.54 Å². The van der Waals surface area contributed by atoms with Crippen molar-refractivity contribution in [1.29, 1.82) is 0 Å². The first-order valence-corrected chi connectivity index (χ1v) is 8.01. The van der Waals surface area contributed by atoms with E-state index in [-0.39, 0.29) is 0 Å². The number of halogens is 2. The van der Waals surface area contributed by atoms with Gasteiger partial charge in [0.1, 0.15) is 0 Å².